The van der Waals surface area contributed by atoms with Crippen LogP contribution >= 0.6 is 0 Å². The highest BCUT2D eigenvalue weighted by molar-refractivity contribution is 6.06. The first-order valence-corrected chi connectivity index (χ1v) is 6.33. The molecule has 0 unspecified atom stereocenters. The van der Waals surface area contributed by atoms with Crippen LogP contribution in [0.2, 0.25) is 0 Å². The maximum absolute atomic E-state index is 12.5. The topological polar surface area (TPSA) is 33.2 Å². The Morgan fingerprint density at radius 2 is 1.89 bits per heavy atom. The van der Waals surface area contributed by atoms with Crippen LogP contribution in [0.4, 0.5) is 0 Å². The van der Waals surface area contributed by atoms with Crippen LogP contribution in [-0.4, -0.2) is 28.9 Å². The minimum absolute atomic E-state index is 0.0849. The van der Waals surface area contributed by atoms with Gasteiger partial charge in [0.05, 0.1) is 11.1 Å². The highest BCUT2D eigenvalue weighted by Gasteiger charge is 2.16. The molecule has 94 valence electrons. The van der Waals surface area contributed by atoms with Crippen molar-refractivity contribution in [1.29, 1.82) is 0 Å². The molecule has 0 aliphatic heterocycles. The van der Waals surface area contributed by atoms with E-state index in [1.807, 2.05) is 56.0 Å². The fourth-order valence-corrected chi connectivity index (χ4v) is 2.17. The second kappa shape index (κ2) is 5.17. The number of benzene rings is 1. The van der Waals surface area contributed by atoms with Crippen LogP contribution < -0.4 is 0 Å². The number of rotatable bonds is 3. The third-order valence-corrected chi connectivity index (χ3v) is 3.13. The molecule has 0 N–H and O–H groups in total. The molecule has 18 heavy (non-hydrogen) atoms. The number of amides is 1. The lowest BCUT2D eigenvalue weighted by atomic mass is 10.1. The number of hydrogen-bond acceptors (Lipinski definition) is 2. The summed E-state index contributed by atoms with van der Waals surface area (Å²) in [6.45, 7) is 7.37. The van der Waals surface area contributed by atoms with Gasteiger partial charge >= 0.3 is 0 Å². The molecule has 1 aromatic carbocycles. The second-order valence-corrected chi connectivity index (χ2v) is 4.31. The lowest BCUT2D eigenvalue weighted by Gasteiger charge is -2.19. The summed E-state index contributed by atoms with van der Waals surface area (Å²) < 4.78 is 0. The molecule has 3 nitrogen and oxygen atoms in total. The van der Waals surface area contributed by atoms with Crippen molar-refractivity contribution in [1.82, 2.24) is 9.88 Å². The first kappa shape index (κ1) is 12.6. The maximum atomic E-state index is 12.5. The number of fused-ring (bicyclic) bond motifs is 1. The van der Waals surface area contributed by atoms with Crippen molar-refractivity contribution in [3.05, 3.63) is 41.6 Å². The molecule has 0 fully saturated rings. The third kappa shape index (κ3) is 2.21. The molecule has 0 aliphatic carbocycles. The molecular formula is C15H18N2O. The summed E-state index contributed by atoms with van der Waals surface area (Å²) in [4.78, 5) is 18.8. The van der Waals surface area contributed by atoms with Gasteiger partial charge < -0.3 is 4.90 Å². The van der Waals surface area contributed by atoms with E-state index in [0.29, 0.717) is 0 Å². The van der Waals surface area contributed by atoms with Gasteiger partial charge in [-0.1, -0.05) is 18.2 Å². The van der Waals surface area contributed by atoms with Gasteiger partial charge in [0.15, 0.2) is 0 Å². The van der Waals surface area contributed by atoms with Crippen LogP contribution in [0.5, 0.6) is 0 Å². The molecule has 1 amide bonds. The molecule has 0 saturated heterocycles. The highest BCUT2D eigenvalue weighted by atomic mass is 16.2. The monoisotopic (exact) mass is 242 g/mol. The minimum Gasteiger partial charge on any atom is -0.339 e. The van der Waals surface area contributed by atoms with Gasteiger partial charge in [0.1, 0.15) is 0 Å². The molecule has 1 heterocycles. The fourth-order valence-electron chi connectivity index (χ4n) is 2.17. The number of carbonyl (C=O) groups excluding carboxylic acids is 1. The van der Waals surface area contributed by atoms with Crippen molar-refractivity contribution in [2.45, 2.75) is 20.8 Å². The van der Waals surface area contributed by atoms with E-state index < -0.39 is 0 Å². The summed E-state index contributed by atoms with van der Waals surface area (Å²) >= 11 is 0. The zero-order chi connectivity index (χ0) is 13.1. The average Bonchev–Trinajstić information content (AvgIpc) is 2.39. The average molecular weight is 242 g/mol. The maximum Gasteiger partial charge on any atom is 0.254 e. The van der Waals surface area contributed by atoms with Crippen molar-refractivity contribution in [2.24, 2.45) is 0 Å². The Morgan fingerprint density at radius 1 is 1.22 bits per heavy atom. The quantitative estimate of drug-likeness (QED) is 0.829. The van der Waals surface area contributed by atoms with Gasteiger partial charge in [-0.15, -0.1) is 0 Å². The molecular weight excluding hydrogens is 224 g/mol. The van der Waals surface area contributed by atoms with Gasteiger partial charge in [-0.05, 0) is 32.9 Å². The van der Waals surface area contributed by atoms with Crippen molar-refractivity contribution in [3.8, 4) is 0 Å². The third-order valence-electron chi connectivity index (χ3n) is 3.13. The van der Waals surface area contributed by atoms with E-state index in [1.54, 1.807) is 0 Å². The van der Waals surface area contributed by atoms with E-state index in [0.717, 1.165) is 35.2 Å². The van der Waals surface area contributed by atoms with Crippen molar-refractivity contribution >= 4 is 16.8 Å². The molecule has 3 heteroatoms. The highest BCUT2D eigenvalue weighted by Crippen LogP contribution is 2.19. The van der Waals surface area contributed by atoms with Gasteiger partial charge in [-0.3, -0.25) is 9.78 Å². The Morgan fingerprint density at radius 3 is 2.56 bits per heavy atom. The summed E-state index contributed by atoms with van der Waals surface area (Å²) in [5.74, 6) is 0.0849. The summed E-state index contributed by atoms with van der Waals surface area (Å²) in [5, 5.41) is 0.931. The van der Waals surface area contributed by atoms with E-state index in [-0.39, 0.29) is 5.91 Å². The number of nitrogens with zero attached hydrogens (tertiary/aromatic N) is 2. The summed E-state index contributed by atoms with van der Waals surface area (Å²) in [6, 6.07) is 9.67. The summed E-state index contributed by atoms with van der Waals surface area (Å²) in [5.41, 5.74) is 2.51. The molecule has 0 spiro atoms. The largest absolute Gasteiger partial charge is 0.339 e. The Labute approximate surface area is 107 Å². The summed E-state index contributed by atoms with van der Waals surface area (Å²) in [6.07, 6.45) is 0. The predicted molar refractivity (Wildman–Crippen MR) is 73.7 cm³/mol. The normalized spacial score (nSPS) is 10.6. The Balaban J connectivity index is 2.59. The van der Waals surface area contributed by atoms with E-state index in [4.69, 9.17) is 0 Å². The van der Waals surface area contributed by atoms with Crippen LogP contribution in [0.15, 0.2) is 30.3 Å². The molecule has 1 aromatic heterocycles. The van der Waals surface area contributed by atoms with Gasteiger partial charge in [0, 0.05) is 24.2 Å². The van der Waals surface area contributed by atoms with E-state index >= 15 is 0 Å². The van der Waals surface area contributed by atoms with Crippen LogP contribution in [0, 0.1) is 6.92 Å². The molecule has 0 bridgehead atoms. The SMILES string of the molecule is CCN(CC)C(=O)c1cc(C)nc2ccccc12. The van der Waals surface area contributed by atoms with Crippen LogP contribution in [0.1, 0.15) is 29.9 Å². The van der Waals surface area contributed by atoms with Gasteiger partial charge in [-0.25, -0.2) is 0 Å². The number of carbonyl (C=O) groups is 1. The minimum atomic E-state index is 0.0849. The van der Waals surface area contributed by atoms with Crippen LogP contribution in [0.3, 0.4) is 0 Å². The zero-order valence-electron chi connectivity index (χ0n) is 11.1. The fraction of sp³-hybridized carbons (Fsp3) is 0.333. The molecule has 2 aromatic rings. The van der Waals surface area contributed by atoms with E-state index in [9.17, 15) is 4.79 Å². The first-order chi connectivity index (χ1) is 8.67. The summed E-state index contributed by atoms with van der Waals surface area (Å²) in [7, 11) is 0. The Hall–Kier alpha value is -1.90. The smallest absolute Gasteiger partial charge is 0.254 e. The lowest BCUT2D eigenvalue weighted by Crippen LogP contribution is -2.30. The number of aryl methyl sites for hydroxylation is 1. The number of hydrogen-bond donors (Lipinski definition) is 0. The van der Waals surface area contributed by atoms with Gasteiger partial charge in [0.2, 0.25) is 0 Å². The first-order valence-electron chi connectivity index (χ1n) is 6.33. The Kier molecular flexibility index (Phi) is 3.60. The zero-order valence-corrected chi connectivity index (χ0v) is 11.1. The van der Waals surface area contributed by atoms with Gasteiger partial charge in [0.25, 0.3) is 5.91 Å². The standard InChI is InChI=1S/C15H18N2O/c1-4-17(5-2)15(18)13-10-11(3)16-14-9-7-6-8-12(13)14/h6-10H,4-5H2,1-3H3. The molecule has 2 rings (SSSR count). The molecule has 0 atom stereocenters. The molecule has 0 radical (unpaired) electrons. The number of para-hydroxylation sites is 1. The van der Waals surface area contributed by atoms with E-state index in [2.05, 4.69) is 4.98 Å². The van der Waals surface area contributed by atoms with Crippen molar-refractivity contribution in [3.63, 3.8) is 0 Å². The Bertz CT molecular complexity index is 574. The predicted octanol–water partition coefficient (Wildman–Crippen LogP) is 3.03. The number of pyridine rings is 1. The van der Waals surface area contributed by atoms with Crippen LogP contribution in [-0.2, 0) is 0 Å². The van der Waals surface area contributed by atoms with Crippen molar-refractivity contribution < 1.29 is 4.79 Å². The molecule has 0 saturated carbocycles. The second-order valence-electron chi connectivity index (χ2n) is 4.31. The van der Waals surface area contributed by atoms with E-state index in [1.165, 1.54) is 0 Å². The van der Waals surface area contributed by atoms with Crippen molar-refractivity contribution in [2.75, 3.05) is 13.1 Å². The number of aromatic nitrogens is 1. The molecule has 0 aliphatic rings. The lowest BCUT2D eigenvalue weighted by molar-refractivity contribution is 0.0775. The van der Waals surface area contributed by atoms with Crippen LogP contribution in [0.25, 0.3) is 10.9 Å². The van der Waals surface area contributed by atoms with Gasteiger partial charge in [-0.2, -0.15) is 0 Å².